The third-order valence-corrected chi connectivity index (χ3v) is 2.71. The lowest BCUT2D eigenvalue weighted by molar-refractivity contribution is -0.121. The first-order valence-corrected chi connectivity index (χ1v) is 6.17. The largest absolute Gasteiger partial charge is 0.496 e. The van der Waals surface area contributed by atoms with Crippen molar-refractivity contribution in [2.75, 3.05) is 13.7 Å². The van der Waals surface area contributed by atoms with Gasteiger partial charge in [-0.05, 0) is 25.5 Å². The highest BCUT2D eigenvalue weighted by molar-refractivity contribution is 5.75. The number of rotatable bonds is 6. The molecule has 0 aliphatic rings. The van der Waals surface area contributed by atoms with Crippen molar-refractivity contribution in [3.05, 3.63) is 29.3 Å². The number of methoxy groups -OCH3 is 1. The van der Waals surface area contributed by atoms with E-state index in [0.29, 0.717) is 17.7 Å². The van der Waals surface area contributed by atoms with Crippen LogP contribution in [0.4, 0.5) is 0 Å². The van der Waals surface area contributed by atoms with Gasteiger partial charge in [0.05, 0.1) is 13.2 Å². The highest BCUT2D eigenvalue weighted by Gasteiger charge is 2.14. The maximum absolute atomic E-state index is 11.3. The maximum Gasteiger partial charge on any atom is 0.220 e. The topological polar surface area (TPSA) is 58.6 Å². The monoisotopic (exact) mass is 251 g/mol. The molecule has 4 heteroatoms. The van der Waals surface area contributed by atoms with Crippen molar-refractivity contribution in [2.24, 2.45) is 0 Å². The van der Waals surface area contributed by atoms with Crippen LogP contribution in [0, 0.1) is 6.92 Å². The minimum atomic E-state index is -0.749. The number of carbonyl (C=O) groups is 1. The highest BCUT2D eigenvalue weighted by Crippen LogP contribution is 2.25. The Morgan fingerprint density at radius 1 is 1.50 bits per heavy atom. The minimum absolute atomic E-state index is 0.0387. The van der Waals surface area contributed by atoms with Crippen LogP contribution in [0.15, 0.2) is 18.2 Å². The molecule has 1 amide bonds. The van der Waals surface area contributed by atoms with Gasteiger partial charge < -0.3 is 15.2 Å². The Morgan fingerprint density at radius 2 is 2.22 bits per heavy atom. The van der Waals surface area contributed by atoms with Crippen LogP contribution in [0.2, 0.25) is 0 Å². The van der Waals surface area contributed by atoms with Crippen molar-refractivity contribution >= 4 is 5.91 Å². The average Bonchev–Trinajstić information content (AvgIpc) is 2.36. The van der Waals surface area contributed by atoms with Crippen molar-refractivity contribution in [3.8, 4) is 5.75 Å². The van der Waals surface area contributed by atoms with E-state index in [1.54, 1.807) is 7.11 Å². The molecular weight excluding hydrogens is 230 g/mol. The van der Waals surface area contributed by atoms with Crippen LogP contribution in [-0.2, 0) is 4.79 Å². The van der Waals surface area contributed by atoms with Crippen LogP contribution in [0.3, 0.4) is 0 Å². The number of carbonyl (C=O) groups excluding carboxylic acids is 1. The molecule has 2 N–H and O–H groups in total. The smallest absolute Gasteiger partial charge is 0.220 e. The SMILES string of the molecule is CCCC(=O)NCC(O)c1cc(C)ccc1OC. The average molecular weight is 251 g/mol. The fraction of sp³-hybridized carbons (Fsp3) is 0.500. The second-order valence-electron chi connectivity index (χ2n) is 4.32. The van der Waals surface area contributed by atoms with E-state index in [9.17, 15) is 9.90 Å². The van der Waals surface area contributed by atoms with E-state index in [1.165, 1.54) is 0 Å². The van der Waals surface area contributed by atoms with Gasteiger partial charge in [0.2, 0.25) is 5.91 Å². The normalized spacial score (nSPS) is 12.0. The lowest BCUT2D eigenvalue weighted by atomic mass is 10.1. The van der Waals surface area contributed by atoms with E-state index in [2.05, 4.69) is 5.32 Å². The second kappa shape index (κ2) is 7.01. The van der Waals surface area contributed by atoms with Gasteiger partial charge in [-0.2, -0.15) is 0 Å². The first kappa shape index (κ1) is 14.5. The van der Waals surface area contributed by atoms with Crippen molar-refractivity contribution in [3.63, 3.8) is 0 Å². The molecule has 0 bridgehead atoms. The summed E-state index contributed by atoms with van der Waals surface area (Å²) in [5, 5.41) is 12.8. The summed E-state index contributed by atoms with van der Waals surface area (Å²) < 4.78 is 5.20. The maximum atomic E-state index is 11.3. The zero-order valence-electron chi connectivity index (χ0n) is 11.2. The third-order valence-electron chi connectivity index (χ3n) is 2.71. The first-order chi connectivity index (χ1) is 8.58. The molecule has 0 heterocycles. The molecule has 0 aliphatic heterocycles. The van der Waals surface area contributed by atoms with Gasteiger partial charge in [0.1, 0.15) is 5.75 Å². The zero-order valence-corrected chi connectivity index (χ0v) is 11.2. The van der Waals surface area contributed by atoms with Gasteiger partial charge >= 0.3 is 0 Å². The van der Waals surface area contributed by atoms with Crippen molar-refractivity contribution in [1.82, 2.24) is 5.32 Å². The Hall–Kier alpha value is -1.55. The highest BCUT2D eigenvalue weighted by atomic mass is 16.5. The molecule has 0 spiro atoms. The van der Waals surface area contributed by atoms with Gasteiger partial charge in [-0.15, -0.1) is 0 Å². The molecule has 0 saturated heterocycles. The Kier molecular flexibility index (Phi) is 5.65. The Labute approximate surface area is 108 Å². The summed E-state index contributed by atoms with van der Waals surface area (Å²) in [5.41, 5.74) is 1.75. The summed E-state index contributed by atoms with van der Waals surface area (Å²) in [6.45, 7) is 4.10. The third kappa shape index (κ3) is 4.04. The number of nitrogens with one attached hydrogen (secondary N) is 1. The van der Waals surface area contributed by atoms with Crippen molar-refractivity contribution in [2.45, 2.75) is 32.8 Å². The van der Waals surface area contributed by atoms with Crippen LogP contribution < -0.4 is 10.1 Å². The fourth-order valence-electron chi connectivity index (χ4n) is 1.75. The van der Waals surface area contributed by atoms with Gasteiger partial charge in [-0.1, -0.05) is 18.6 Å². The molecule has 0 radical (unpaired) electrons. The van der Waals surface area contributed by atoms with E-state index in [-0.39, 0.29) is 12.5 Å². The van der Waals surface area contributed by atoms with Gasteiger partial charge in [-0.25, -0.2) is 0 Å². The molecule has 1 atom stereocenters. The molecule has 1 rings (SSSR count). The second-order valence-corrected chi connectivity index (χ2v) is 4.32. The van der Waals surface area contributed by atoms with E-state index in [1.807, 2.05) is 32.0 Å². The summed E-state index contributed by atoms with van der Waals surface area (Å²) in [6, 6.07) is 5.61. The number of hydrogen-bond acceptors (Lipinski definition) is 3. The molecule has 4 nitrogen and oxygen atoms in total. The predicted octanol–water partition coefficient (Wildman–Crippen LogP) is 1.95. The van der Waals surface area contributed by atoms with Gasteiger partial charge in [0, 0.05) is 18.5 Å². The molecule has 18 heavy (non-hydrogen) atoms. The lowest BCUT2D eigenvalue weighted by Crippen LogP contribution is -2.28. The molecular formula is C14H21NO3. The number of aliphatic hydroxyl groups is 1. The number of aryl methyl sites for hydroxylation is 1. The standard InChI is InChI=1S/C14H21NO3/c1-4-5-14(17)15-9-12(16)11-8-10(2)6-7-13(11)18-3/h6-8,12,16H,4-5,9H2,1-3H3,(H,15,17). The zero-order chi connectivity index (χ0) is 13.5. The summed E-state index contributed by atoms with van der Waals surface area (Å²) in [5.74, 6) is 0.598. The molecule has 0 saturated carbocycles. The molecule has 0 fully saturated rings. The molecule has 0 aromatic heterocycles. The van der Waals surface area contributed by atoms with Gasteiger partial charge in [-0.3, -0.25) is 4.79 Å². The van der Waals surface area contributed by atoms with Gasteiger partial charge in [0.15, 0.2) is 0 Å². The Morgan fingerprint density at radius 3 is 2.83 bits per heavy atom. The summed E-state index contributed by atoms with van der Waals surface area (Å²) in [6.07, 6.45) is 0.536. The number of hydrogen-bond donors (Lipinski definition) is 2. The quantitative estimate of drug-likeness (QED) is 0.812. The molecule has 1 aromatic rings. The number of aliphatic hydroxyl groups excluding tert-OH is 1. The summed E-state index contributed by atoms with van der Waals surface area (Å²) in [4.78, 5) is 11.3. The Balaban J connectivity index is 2.68. The number of amides is 1. The lowest BCUT2D eigenvalue weighted by Gasteiger charge is -2.16. The van der Waals surface area contributed by atoms with Crippen LogP contribution in [0.25, 0.3) is 0 Å². The summed E-state index contributed by atoms with van der Waals surface area (Å²) in [7, 11) is 1.57. The van der Waals surface area contributed by atoms with Crippen molar-refractivity contribution in [1.29, 1.82) is 0 Å². The fourth-order valence-corrected chi connectivity index (χ4v) is 1.75. The molecule has 0 aliphatic carbocycles. The number of benzene rings is 1. The van der Waals surface area contributed by atoms with Gasteiger partial charge in [0.25, 0.3) is 0 Å². The van der Waals surface area contributed by atoms with Crippen LogP contribution in [0.5, 0.6) is 5.75 Å². The van der Waals surface area contributed by atoms with Crippen LogP contribution in [-0.4, -0.2) is 24.7 Å². The minimum Gasteiger partial charge on any atom is -0.496 e. The van der Waals surface area contributed by atoms with E-state index < -0.39 is 6.10 Å². The number of ether oxygens (including phenoxy) is 1. The van der Waals surface area contributed by atoms with Crippen LogP contribution in [0.1, 0.15) is 37.0 Å². The predicted molar refractivity (Wildman–Crippen MR) is 70.6 cm³/mol. The molecule has 1 aromatic carbocycles. The summed E-state index contributed by atoms with van der Waals surface area (Å²) >= 11 is 0. The van der Waals surface area contributed by atoms with Crippen molar-refractivity contribution < 1.29 is 14.6 Å². The van der Waals surface area contributed by atoms with E-state index in [0.717, 1.165) is 12.0 Å². The van der Waals surface area contributed by atoms with Crippen LogP contribution >= 0.6 is 0 Å². The van der Waals surface area contributed by atoms with E-state index in [4.69, 9.17) is 4.74 Å². The van der Waals surface area contributed by atoms with E-state index >= 15 is 0 Å². The molecule has 1 unspecified atom stereocenters. The Bertz CT molecular complexity index is 404. The first-order valence-electron chi connectivity index (χ1n) is 6.17. The molecule has 100 valence electrons.